The fourth-order valence-corrected chi connectivity index (χ4v) is 2.09. The lowest BCUT2D eigenvalue weighted by Gasteiger charge is -2.35. The minimum Gasteiger partial charge on any atom is -0.0837 e. The molecule has 0 heteroatoms. The Balaban J connectivity index is 2.64. The number of hydrogen-bond donors (Lipinski definition) is 0. The molecule has 0 saturated carbocycles. The predicted octanol–water partition coefficient (Wildman–Crippen LogP) is 4.34. The van der Waals surface area contributed by atoms with Crippen LogP contribution < -0.4 is 0 Å². The van der Waals surface area contributed by atoms with Crippen LogP contribution in [0.1, 0.15) is 46.5 Å². The summed E-state index contributed by atoms with van der Waals surface area (Å²) in [5.41, 5.74) is 0.463. The second-order valence-electron chi connectivity index (χ2n) is 4.48. The third kappa shape index (κ3) is 2.46. The number of rotatable bonds is 4. The van der Waals surface area contributed by atoms with E-state index in [4.69, 9.17) is 0 Å². The van der Waals surface area contributed by atoms with Crippen LogP contribution >= 0.6 is 0 Å². The summed E-state index contributed by atoms with van der Waals surface area (Å²) in [6.07, 6.45) is 14.4. The van der Waals surface area contributed by atoms with Crippen molar-refractivity contribution in [1.82, 2.24) is 0 Å². The molecule has 0 heterocycles. The van der Waals surface area contributed by atoms with Crippen molar-refractivity contribution in [2.45, 2.75) is 46.5 Å². The third-order valence-electron chi connectivity index (χ3n) is 3.32. The van der Waals surface area contributed by atoms with E-state index in [-0.39, 0.29) is 0 Å². The SMILES string of the molecule is CCCCC1(C(C)C)C=CC=CC1. The molecule has 0 radical (unpaired) electrons. The molecule has 0 spiro atoms. The van der Waals surface area contributed by atoms with Crippen molar-refractivity contribution < 1.29 is 0 Å². The van der Waals surface area contributed by atoms with Crippen LogP contribution in [-0.4, -0.2) is 0 Å². The maximum Gasteiger partial charge on any atom is -0.00576 e. The Morgan fingerprint density at radius 2 is 2.08 bits per heavy atom. The van der Waals surface area contributed by atoms with Gasteiger partial charge < -0.3 is 0 Å². The van der Waals surface area contributed by atoms with Gasteiger partial charge in [-0.15, -0.1) is 0 Å². The van der Waals surface area contributed by atoms with E-state index in [0.29, 0.717) is 5.41 Å². The quantitative estimate of drug-likeness (QED) is 0.601. The zero-order valence-corrected chi connectivity index (χ0v) is 9.22. The van der Waals surface area contributed by atoms with Crippen molar-refractivity contribution in [1.29, 1.82) is 0 Å². The molecule has 0 N–H and O–H groups in total. The lowest BCUT2D eigenvalue weighted by Crippen LogP contribution is -2.25. The maximum absolute atomic E-state index is 2.42. The van der Waals surface area contributed by atoms with Gasteiger partial charge in [-0.1, -0.05) is 57.9 Å². The molecule has 0 aliphatic heterocycles. The largest absolute Gasteiger partial charge is 0.0837 e. The summed E-state index contributed by atoms with van der Waals surface area (Å²) < 4.78 is 0. The molecule has 1 atom stereocenters. The maximum atomic E-state index is 2.42. The lowest BCUT2D eigenvalue weighted by molar-refractivity contribution is 0.238. The van der Waals surface area contributed by atoms with E-state index in [9.17, 15) is 0 Å². The van der Waals surface area contributed by atoms with Crippen molar-refractivity contribution in [2.75, 3.05) is 0 Å². The van der Waals surface area contributed by atoms with Gasteiger partial charge in [0.25, 0.3) is 0 Å². The zero-order chi connectivity index (χ0) is 9.73. The van der Waals surface area contributed by atoms with Crippen LogP contribution in [0.5, 0.6) is 0 Å². The average Bonchev–Trinajstić information content (AvgIpc) is 2.16. The van der Waals surface area contributed by atoms with Crippen LogP contribution in [-0.2, 0) is 0 Å². The minimum absolute atomic E-state index is 0.463. The highest BCUT2D eigenvalue weighted by atomic mass is 14.3. The summed E-state index contributed by atoms with van der Waals surface area (Å²) in [5, 5.41) is 0. The van der Waals surface area contributed by atoms with Crippen LogP contribution in [0.2, 0.25) is 0 Å². The molecular formula is C13H22. The summed E-state index contributed by atoms with van der Waals surface area (Å²) in [5.74, 6) is 0.764. The Bertz CT molecular complexity index is 198. The molecule has 0 aromatic heterocycles. The van der Waals surface area contributed by atoms with Gasteiger partial charge in [-0.2, -0.15) is 0 Å². The molecule has 13 heavy (non-hydrogen) atoms. The molecule has 1 aliphatic carbocycles. The average molecular weight is 178 g/mol. The zero-order valence-electron chi connectivity index (χ0n) is 9.22. The minimum atomic E-state index is 0.463. The van der Waals surface area contributed by atoms with Gasteiger partial charge in [-0.25, -0.2) is 0 Å². The van der Waals surface area contributed by atoms with Crippen molar-refractivity contribution in [3.63, 3.8) is 0 Å². The molecule has 74 valence electrons. The van der Waals surface area contributed by atoms with Crippen molar-refractivity contribution in [3.05, 3.63) is 24.3 Å². The molecule has 1 rings (SSSR count). The van der Waals surface area contributed by atoms with Gasteiger partial charge in [0.15, 0.2) is 0 Å². The fourth-order valence-electron chi connectivity index (χ4n) is 2.09. The molecule has 0 aromatic rings. The van der Waals surface area contributed by atoms with Crippen LogP contribution in [0.3, 0.4) is 0 Å². The highest BCUT2D eigenvalue weighted by molar-refractivity contribution is 5.17. The van der Waals surface area contributed by atoms with E-state index < -0.39 is 0 Å². The standard InChI is InChI=1S/C13H22/c1-4-5-9-13(12(2)3)10-7-6-8-11-13/h6-8,10,12H,4-5,9,11H2,1-3H3. The monoisotopic (exact) mass is 178 g/mol. The van der Waals surface area contributed by atoms with Crippen molar-refractivity contribution >= 4 is 0 Å². The van der Waals surface area contributed by atoms with Gasteiger partial charge in [-0.05, 0) is 24.2 Å². The van der Waals surface area contributed by atoms with Gasteiger partial charge in [0, 0.05) is 0 Å². The molecule has 0 fully saturated rings. The highest BCUT2D eigenvalue weighted by Crippen LogP contribution is 2.40. The van der Waals surface area contributed by atoms with E-state index in [0.717, 1.165) is 5.92 Å². The summed E-state index contributed by atoms with van der Waals surface area (Å²) >= 11 is 0. The first-order valence-corrected chi connectivity index (χ1v) is 5.55. The predicted molar refractivity (Wildman–Crippen MR) is 59.7 cm³/mol. The summed E-state index contributed by atoms with van der Waals surface area (Å²) in [6, 6.07) is 0. The third-order valence-corrected chi connectivity index (χ3v) is 3.32. The lowest BCUT2D eigenvalue weighted by atomic mass is 9.69. The topological polar surface area (TPSA) is 0 Å². The van der Waals surface area contributed by atoms with Gasteiger partial charge in [0.2, 0.25) is 0 Å². The van der Waals surface area contributed by atoms with Crippen molar-refractivity contribution in [3.8, 4) is 0 Å². The molecule has 0 saturated heterocycles. The van der Waals surface area contributed by atoms with Gasteiger partial charge in [-0.3, -0.25) is 0 Å². The van der Waals surface area contributed by atoms with Crippen molar-refractivity contribution in [2.24, 2.45) is 11.3 Å². The molecule has 1 unspecified atom stereocenters. The molecule has 0 amide bonds. The van der Waals surface area contributed by atoms with Gasteiger partial charge in [0.05, 0.1) is 0 Å². The first-order chi connectivity index (χ1) is 6.21. The Hall–Kier alpha value is -0.520. The Kier molecular flexibility index (Phi) is 3.77. The van der Waals surface area contributed by atoms with Gasteiger partial charge in [0.1, 0.15) is 0 Å². The number of unbranched alkanes of at least 4 members (excludes halogenated alkanes) is 1. The van der Waals surface area contributed by atoms with Crippen LogP contribution in [0, 0.1) is 11.3 Å². The molecular weight excluding hydrogens is 156 g/mol. The van der Waals surface area contributed by atoms with E-state index >= 15 is 0 Å². The Morgan fingerprint density at radius 3 is 2.54 bits per heavy atom. The molecule has 0 bridgehead atoms. The summed E-state index contributed by atoms with van der Waals surface area (Å²) in [7, 11) is 0. The van der Waals surface area contributed by atoms with E-state index in [1.165, 1.54) is 25.7 Å². The first-order valence-electron chi connectivity index (χ1n) is 5.55. The second-order valence-corrected chi connectivity index (χ2v) is 4.48. The highest BCUT2D eigenvalue weighted by Gasteiger charge is 2.29. The van der Waals surface area contributed by atoms with Gasteiger partial charge >= 0.3 is 0 Å². The van der Waals surface area contributed by atoms with E-state index in [2.05, 4.69) is 45.1 Å². The summed E-state index contributed by atoms with van der Waals surface area (Å²) in [4.78, 5) is 0. The number of allylic oxidation sites excluding steroid dienone is 4. The second kappa shape index (κ2) is 4.64. The molecule has 0 aromatic carbocycles. The Morgan fingerprint density at radius 1 is 1.31 bits per heavy atom. The van der Waals surface area contributed by atoms with Crippen LogP contribution in [0.15, 0.2) is 24.3 Å². The van der Waals surface area contributed by atoms with E-state index in [1.54, 1.807) is 0 Å². The smallest absolute Gasteiger partial charge is 0.00576 e. The number of hydrogen-bond acceptors (Lipinski definition) is 0. The summed E-state index contributed by atoms with van der Waals surface area (Å²) in [6.45, 7) is 6.97. The fraction of sp³-hybridized carbons (Fsp3) is 0.692. The Labute approximate surface area is 82.7 Å². The van der Waals surface area contributed by atoms with Crippen LogP contribution in [0.25, 0.3) is 0 Å². The molecule has 0 nitrogen and oxygen atoms in total. The van der Waals surface area contributed by atoms with Crippen LogP contribution in [0.4, 0.5) is 0 Å². The first kappa shape index (κ1) is 10.6. The molecule has 1 aliphatic rings. The van der Waals surface area contributed by atoms with E-state index in [1.807, 2.05) is 0 Å². The normalized spacial score (nSPS) is 27.1.